The van der Waals surface area contributed by atoms with Crippen molar-refractivity contribution in [1.82, 2.24) is 0 Å². The topological polar surface area (TPSA) is 66.4 Å². The third kappa shape index (κ3) is 4.34. The summed E-state index contributed by atoms with van der Waals surface area (Å²) in [7, 11) is 6.15. The number of ether oxygens (including phenoxy) is 5. The Hall–Kier alpha value is -2.12. The fourth-order valence-electron chi connectivity index (χ4n) is 2.55. The Morgan fingerprint density at radius 1 is 0.808 bits per heavy atom. The van der Waals surface area contributed by atoms with Crippen LogP contribution in [0.4, 0.5) is 0 Å². The lowest BCUT2D eigenvalue weighted by Gasteiger charge is -2.23. The molecule has 2 aromatic rings. The predicted molar refractivity (Wildman–Crippen MR) is 102 cm³/mol. The second kappa shape index (κ2) is 9.00. The monoisotopic (exact) mass is 426 g/mol. The standard InChI is InChI=1S/C19H23BrO6/c1-11(26-14-7-6-13(20)10-15(14)22-2)18(21)12-8-16(23-3)19(25-5)17(9-12)24-4/h6-11,18,21H,1-5H3/t11-,18-/m1/s1. The van der Waals surface area contributed by atoms with Crippen molar-refractivity contribution < 1.29 is 28.8 Å². The van der Waals surface area contributed by atoms with Gasteiger partial charge in [-0.1, -0.05) is 15.9 Å². The van der Waals surface area contributed by atoms with Gasteiger partial charge < -0.3 is 28.8 Å². The summed E-state index contributed by atoms with van der Waals surface area (Å²) in [4.78, 5) is 0. The lowest BCUT2D eigenvalue weighted by Crippen LogP contribution is -2.22. The molecule has 0 unspecified atom stereocenters. The van der Waals surface area contributed by atoms with E-state index in [0.29, 0.717) is 34.3 Å². The molecule has 0 amide bonds. The molecular weight excluding hydrogens is 404 g/mol. The lowest BCUT2D eigenvalue weighted by molar-refractivity contribution is 0.0448. The van der Waals surface area contributed by atoms with E-state index in [0.717, 1.165) is 4.47 Å². The van der Waals surface area contributed by atoms with E-state index < -0.39 is 12.2 Å². The Morgan fingerprint density at radius 3 is 1.88 bits per heavy atom. The maximum absolute atomic E-state index is 10.7. The molecule has 26 heavy (non-hydrogen) atoms. The number of halogens is 1. The third-order valence-corrected chi connectivity index (χ3v) is 4.41. The summed E-state index contributed by atoms with van der Waals surface area (Å²) in [6.45, 7) is 1.77. The van der Waals surface area contributed by atoms with Gasteiger partial charge in [0.25, 0.3) is 0 Å². The van der Waals surface area contributed by atoms with E-state index in [1.54, 1.807) is 38.3 Å². The third-order valence-electron chi connectivity index (χ3n) is 3.91. The average Bonchev–Trinajstić information content (AvgIpc) is 2.67. The Labute approximate surface area is 161 Å². The number of aliphatic hydroxyl groups is 1. The molecule has 142 valence electrons. The van der Waals surface area contributed by atoms with Crippen molar-refractivity contribution in [3.05, 3.63) is 40.4 Å². The van der Waals surface area contributed by atoms with E-state index in [-0.39, 0.29) is 0 Å². The van der Waals surface area contributed by atoms with Crippen LogP contribution in [0, 0.1) is 0 Å². The van der Waals surface area contributed by atoms with Gasteiger partial charge in [-0.2, -0.15) is 0 Å². The summed E-state index contributed by atoms with van der Waals surface area (Å²) >= 11 is 3.39. The summed E-state index contributed by atoms with van der Waals surface area (Å²) in [5.74, 6) is 2.51. The number of rotatable bonds is 8. The van der Waals surface area contributed by atoms with Gasteiger partial charge in [0.05, 0.1) is 28.4 Å². The van der Waals surface area contributed by atoms with Crippen molar-refractivity contribution >= 4 is 15.9 Å². The van der Waals surface area contributed by atoms with Crippen LogP contribution < -0.4 is 23.7 Å². The number of methoxy groups -OCH3 is 4. The van der Waals surface area contributed by atoms with Gasteiger partial charge >= 0.3 is 0 Å². The number of aliphatic hydroxyl groups excluding tert-OH is 1. The highest BCUT2D eigenvalue weighted by Gasteiger charge is 2.23. The van der Waals surface area contributed by atoms with Crippen LogP contribution in [0.15, 0.2) is 34.8 Å². The molecule has 2 aromatic carbocycles. The first kappa shape index (κ1) is 20.2. The van der Waals surface area contributed by atoms with Crippen LogP contribution in [0.25, 0.3) is 0 Å². The van der Waals surface area contributed by atoms with Gasteiger partial charge in [0.2, 0.25) is 5.75 Å². The molecule has 0 radical (unpaired) electrons. The van der Waals surface area contributed by atoms with E-state index in [9.17, 15) is 5.11 Å². The van der Waals surface area contributed by atoms with Crippen molar-refractivity contribution in [1.29, 1.82) is 0 Å². The fourth-order valence-corrected chi connectivity index (χ4v) is 2.89. The molecule has 0 aliphatic heterocycles. The minimum Gasteiger partial charge on any atom is -0.493 e. The highest BCUT2D eigenvalue weighted by Crippen LogP contribution is 2.41. The molecule has 0 bridgehead atoms. The van der Waals surface area contributed by atoms with Crippen molar-refractivity contribution in [2.24, 2.45) is 0 Å². The van der Waals surface area contributed by atoms with Gasteiger partial charge in [0.1, 0.15) is 12.2 Å². The van der Waals surface area contributed by atoms with Gasteiger partial charge in [-0.3, -0.25) is 0 Å². The van der Waals surface area contributed by atoms with Crippen molar-refractivity contribution in [3.8, 4) is 28.7 Å². The molecule has 6 nitrogen and oxygen atoms in total. The number of benzene rings is 2. The van der Waals surface area contributed by atoms with E-state index in [1.165, 1.54) is 21.3 Å². The predicted octanol–water partition coefficient (Wildman–Crippen LogP) is 3.98. The molecule has 2 rings (SSSR count). The van der Waals surface area contributed by atoms with E-state index in [4.69, 9.17) is 23.7 Å². The van der Waals surface area contributed by atoms with E-state index >= 15 is 0 Å². The van der Waals surface area contributed by atoms with Gasteiger partial charge in [0, 0.05) is 4.47 Å². The second-order valence-electron chi connectivity index (χ2n) is 5.52. The van der Waals surface area contributed by atoms with Crippen LogP contribution in [0.5, 0.6) is 28.7 Å². The van der Waals surface area contributed by atoms with Crippen molar-refractivity contribution in [2.75, 3.05) is 28.4 Å². The molecule has 0 saturated heterocycles. The quantitative estimate of drug-likeness (QED) is 0.688. The minimum atomic E-state index is -0.919. The second-order valence-corrected chi connectivity index (χ2v) is 6.44. The largest absolute Gasteiger partial charge is 0.493 e. The maximum Gasteiger partial charge on any atom is 0.203 e. The minimum absolute atomic E-state index is 0.467. The molecule has 0 aromatic heterocycles. The normalized spacial score (nSPS) is 12.9. The van der Waals surface area contributed by atoms with Crippen molar-refractivity contribution in [3.63, 3.8) is 0 Å². The smallest absolute Gasteiger partial charge is 0.203 e. The molecule has 0 fully saturated rings. The Kier molecular flexibility index (Phi) is 6.99. The molecule has 0 spiro atoms. The van der Waals surface area contributed by atoms with Crippen LogP contribution in [-0.4, -0.2) is 39.6 Å². The van der Waals surface area contributed by atoms with Crippen LogP contribution >= 0.6 is 15.9 Å². The molecule has 0 aliphatic carbocycles. The van der Waals surface area contributed by atoms with Gasteiger partial charge in [0.15, 0.2) is 23.0 Å². The van der Waals surface area contributed by atoms with Gasteiger partial charge in [-0.15, -0.1) is 0 Å². The Morgan fingerprint density at radius 2 is 1.38 bits per heavy atom. The first-order valence-corrected chi connectivity index (χ1v) is 8.72. The SMILES string of the molecule is COc1cc(Br)ccc1O[C@H](C)[C@@H](O)c1cc(OC)c(OC)c(OC)c1. The summed E-state index contributed by atoms with van der Waals surface area (Å²) < 4.78 is 28.1. The zero-order chi connectivity index (χ0) is 19.3. The lowest BCUT2D eigenvalue weighted by atomic mass is 10.0. The molecule has 0 aliphatic rings. The van der Waals surface area contributed by atoms with E-state index in [1.807, 2.05) is 6.07 Å². The molecule has 1 N–H and O–H groups in total. The van der Waals surface area contributed by atoms with E-state index in [2.05, 4.69) is 15.9 Å². The summed E-state index contributed by atoms with van der Waals surface area (Å²) in [5.41, 5.74) is 0.586. The molecule has 0 saturated carbocycles. The molecule has 0 heterocycles. The summed E-state index contributed by atoms with van der Waals surface area (Å²) in [6, 6.07) is 8.82. The average molecular weight is 427 g/mol. The number of hydrogen-bond acceptors (Lipinski definition) is 6. The first-order valence-electron chi connectivity index (χ1n) is 7.93. The summed E-state index contributed by atoms with van der Waals surface area (Å²) in [5, 5.41) is 10.7. The molecule has 2 atom stereocenters. The fraction of sp³-hybridized carbons (Fsp3) is 0.368. The first-order chi connectivity index (χ1) is 12.4. The molecule has 7 heteroatoms. The van der Waals surface area contributed by atoms with Crippen LogP contribution in [0.3, 0.4) is 0 Å². The molecular formula is C19H23BrO6. The zero-order valence-electron chi connectivity index (χ0n) is 15.4. The van der Waals surface area contributed by atoms with Crippen LogP contribution in [0.2, 0.25) is 0 Å². The summed E-state index contributed by atoms with van der Waals surface area (Å²) in [6.07, 6.45) is -1.47. The highest BCUT2D eigenvalue weighted by atomic mass is 79.9. The Bertz CT molecular complexity index is 724. The number of hydrogen-bond donors (Lipinski definition) is 1. The van der Waals surface area contributed by atoms with Gasteiger partial charge in [-0.05, 0) is 42.8 Å². The Balaban J connectivity index is 2.29. The highest BCUT2D eigenvalue weighted by molar-refractivity contribution is 9.10. The zero-order valence-corrected chi connectivity index (χ0v) is 17.0. The van der Waals surface area contributed by atoms with Crippen LogP contribution in [-0.2, 0) is 0 Å². The van der Waals surface area contributed by atoms with Crippen LogP contribution in [0.1, 0.15) is 18.6 Å². The maximum atomic E-state index is 10.7. The van der Waals surface area contributed by atoms with Crippen molar-refractivity contribution in [2.45, 2.75) is 19.1 Å². The van der Waals surface area contributed by atoms with Gasteiger partial charge in [-0.25, -0.2) is 0 Å².